The molecule has 3 aromatic carbocycles. The van der Waals surface area contributed by atoms with Gasteiger partial charge in [-0.25, -0.2) is 4.39 Å². The first-order valence-corrected chi connectivity index (χ1v) is 10.4. The topological polar surface area (TPSA) is 41.1 Å². The molecule has 1 amide bonds. The zero-order valence-electron chi connectivity index (χ0n) is 17.8. The van der Waals surface area contributed by atoms with Gasteiger partial charge in [0.15, 0.2) is 0 Å². The Morgan fingerprint density at radius 2 is 1.76 bits per heavy atom. The van der Waals surface area contributed by atoms with Gasteiger partial charge in [0.1, 0.15) is 5.82 Å². The molecule has 0 aliphatic heterocycles. The van der Waals surface area contributed by atoms with E-state index in [4.69, 9.17) is 11.6 Å². The molecule has 0 aliphatic rings. The zero-order chi connectivity index (χ0) is 24.2. The summed E-state index contributed by atoms with van der Waals surface area (Å²) in [5, 5.41) is 0.239. The van der Waals surface area contributed by atoms with Gasteiger partial charge >= 0.3 is 6.18 Å². The molecule has 0 heterocycles. The van der Waals surface area contributed by atoms with Crippen LogP contribution in [0.5, 0.6) is 0 Å². The largest absolute Gasteiger partial charge is 0.399 e. The van der Waals surface area contributed by atoms with Crippen LogP contribution in [0.25, 0.3) is 6.08 Å². The summed E-state index contributed by atoms with van der Waals surface area (Å²) in [6.45, 7) is 3.34. The van der Waals surface area contributed by atoms with Gasteiger partial charge in [0.25, 0.3) is 5.91 Å². The zero-order valence-corrected chi connectivity index (χ0v) is 18.6. The van der Waals surface area contributed by atoms with Gasteiger partial charge < -0.3 is 0 Å². The van der Waals surface area contributed by atoms with Crippen molar-refractivity contribution in [3.8, 4) is 0 Å². The van der Waals surface area contributed by atoms with Crippen LogP contribution in [0.2, 0.25) is 5.02 Å². The van der Waals surface area contributed by atoms with Crippen LogP contribution in [-0.2, 0) is 0 Å². The first-order chi connectivity index (χ1) is 15.5. The number of rotatable bonds is 6. The fraction of sp³-hybridized carbons (Fsp3) is 0.160. The van der Waals surface area contributed by atoms with E-state index in [2.05, 4.69) is 10.9 Å². The standard InChI is InChI=1S/C25H21ClF4N2O/c1-15-11-18(14-19(26)12-15)21(25(28,29)30)10-8-17-7-9-20(16(2)13-17)24(33)32-31-23-6-4-3-5-22(23)27/h3-14,21,31H,1-2H3,(H,32,33)/b10-8+. The number of anilines is 1. The lowest BCUT2D eigenvalue weighted by Gasteiger charge is -2.18. The number of para-hydroxylation sites is 1. The lowest BCUT2D eigenvalue weighted by atomic mass is 9.95. The molecule has 1 atom stereocenters. The maximum absolute atomic E-state index is 13.7. The monoisotopic (exact) mass is 476 g/mol. The minimum absolute atomic E-state index is 0.0516. The van der Waals surface area contributed by atoms with Gasteiger partial charge in [0.05, 0.1) is 11.6 Å². The third kappa shape index (κ3) is 6.35. The average Bonchev–Trinajstić information content (AvgIpc) is 2.71. The smallest absolute Gasteiger partial charge is 0.295 e. The predicted molar refractivity (Wildman–Crippen MR) is 123 cm³/mol. The van der Waals surface area contributed by atoms with Crippen molar-refractivity contribution < 1.29 is 22.4 Å². The molecule has 3 aromatic rings. The molecule has 2 N–H and O–H groups in total. The molecule has 172 valence electrons. The van der Waals surface area contributed by atoms with Gasteiger partial charge in [-0.1, -0.05) is 54.1 Å². The number of carbonyl (C=O) groups excluding carboxylic acids is 1. The molecule has 8 heteroatoms. The summed E-state index contributed by atoms with van der Waals surface area (Å²) in [4.78, 5) is 12.4. The predicted octanol–water partition coefficient (Wildman–Crippen LogP) is 7.21. The van der Waals surface area contributed by atoms with Crippen LogP contribution in [0.3, 0.4) is 0 Å². The molecule has 0 radical (unpaired) electrons. The molecule has 0 spiro atoms. The van der Waals surface area contributed by atoms with E-state index in [0.717, 1.165) is 6.08 Å². The van der Waals surface area contributed by atoms with Crippen LogP contribution < -0.4 is 10.9 Å². The summed E-state index contributed by atoms with van der Waals surface area (Å²) in [5.74, 6) is -2.86. The van der Waals surface area contributed by atoms with E-state index in [1.165, 1.54) is 48.5 Å². The number of alkyl halides is 3. The van der Waals surface area contributed by atoms with Gasteiger partial charge in [0, 0.05) is 10.6 Å². The summed E-state index contributed by atoms with van der Waals surface area (Å²) >= 11 is 5.95. The third-order valence-electron chi connectivity index (χ3n) is 4.94. The highest BCUT2D eigenvalue weighted by molar-refractivity contribution is 6.30. The van der Waals surface area contributed by atoms with E-state index in [9.17, 15) is 22.4 Å². The van der Waals surface area contributed by atoms with Crippen molar-refractivity contribution in [3.63, 3.8) is 0 Å². The van der Waals surface area contributed by atoms with E-state index in [1.807, 2.05) is 0 Å². The summed E-state index contributed by atoms with van der Waals surface area (Å²) < 4.78 is 54.7. The normalized spacial score (nSPS) is 12.6. The number of amides is 1. The summed E-state index contributed by atoms with van der Waals surface area (Å²) in [6.07, 6.45) is -2.07. The number of halogens is 5. The molecule has 0 fully saturated rings. The molecule has 1 unspecified atom stereocenters. The number of hydrogen-bond donors (Lipinski definition) is 2. The summed E-state index contributed by atoms with van der Waals surface area (Å²) in [6, 6.07) is 14.8. The molecule has 3 rings (SSSR count). The van der Waals surface area contributed by atoms with Crippen LogP contribution in [0.4, 0.5) is 23.2 Å². The van der Waals surface area contributed by atoms with Crippen LogP contribution in [0.15, 0.2) is 66.7 Å². The molecular formula is C25H21ClF4N2O. The summed E-state index contributed by atoms with van der Waals surface area (Å²) in [7, 11) is 0. The lowest BCUT2D eigenvalue weighted by molar-refractivity contribution is -0.139. The minimum Gasteiger partial charge on any atom is -0.295 e. The Hall–Kier alpha value is -3.32. The van der Waals surface area contributed by atoms with Crippen LogP contribution in [0, 0.1) is 19.7 Å². The van der Waals surface area contributed by atoms with Crippen LogP contribution >= 0.6 is 11.6 Å². The van der Waals surface area contributed by atoms with Crippen molar-refractivity contribution in [1.29, 1.82) is 0 Å². The van der Waals surface area contributed by atoms with Gasteiger partial charge in [-0.15, -0.1) is 0 Å². The van der Waals surface area contributed by atoms with Crippen molar-refractivity contribution in [3.05, 3.63) is 105 Å². The lowest BCUT2D eigenvalue weighted by Crippen LogP contribution is -2.30. The second-order valence-corrected chi connectivity index (χ2v) is 8.01. The second-order valence-electron chi connectivity index (χ2n) is 7.57. The Bertz CT molecular complexity index is 1170. The molecule has 0 saturated carbocycles. The highest BCUT2D eigenvalue weighted by Gasteiger charge is 2.39. The molecule has 3 nitrogen and oxygen atoms in total. The van der Waals surface area contributed by atoms with Crippen LogP contribution in [0.1, 0.15) is 38.5 Å². The fourth-order valence-corrected chi connectivity index (χ4v) is 3.66. The number of hydrazine groups is 1. The number of allylic oxidation sites excluding steroid dienone is 1. The molecule has 33 heavy (non-hydrogen) atoms. The number of aryl methyl sites for hydroxylation is 2. The van der Waals surface area contributed by atoms with Gasteiger partial charge in [0.2, 0.25) is 0 Å². The molecular weight excluding hydrogens is 456 g/mol. The van der Waals surface area contributed by atoms with Crippen LogP contribution in [-0.4, -0.2) is 12.1 Å². The Morgan fingerprint density at radius 3 is 2.39 bits per heavy atom. The Balaban J connectivity index is 1.77. The van der Waals surface area contributed by atoms with E-state index in [0.29, 0.717) is 22.3 Å². The third-order valence-corrected chi connectivity index (χ3v) is 5.16. The van der Waals surface area contributed by atoms with Crippen molar-refractivity contribution in [2.75, 3.05) is 5.43 Å². The Morgan fingerprint density at radius 1 is 1.03 bits per heavy atom. The van der Waals surface area contributed by atoms with Gasteiger partial charge in [-0.05, 0) is 66.4 Å². The van der Waals surface area contributed by atoms with Crippen molar-refractivity contribution >= 4 is 29.3 Å². The molecule has 0 saturated heterocycles. The number of benzene rings is 3. The van der Waals surface area contributed by atoms with E-state index in [-0.39, 0.29) is 16.3 Å². The second kappa shape index (κ2) is 10.1. The Kier molecular flexibility index (Phi) is 7.43. The first kappa shape index (κ1) is 24.3. The maximum atomic E-state index is 13.7. The molecule has 0 aliphatic carbocycles. The van der Waals surface area contributed by atoms with Crippen molar-refractivity contribution in [1.82, 2.24) is 5.43 Å². The van der Waals surface area contributed by atoms with Gasteiger partial charge in [-0.3, -0.25) is 15.6 Å². The highest BCUT2D eigenvalue weighted by Crippen LogP contribution is 2.37. The number of hydrogen-bond acceptors (Lipinski definition) is 2. The Labute approximate surface area is 194 Å². The maximum Gasteiger partial charge on any atom is 0.399 e. The number of nitrogens with one attached hydrogen (secondary N) is 2. The quantitative estimate of drug-likeness (QED) is 0.291. The minimum atomic E-state index is -4.50. The SMILES string of the molecule is Cc1cc(Cl)cc(C(/C=C/c2ccc(C(=O)NNc3ccccc3F)c(C)c2)C(F)(F)F)c1. The average molecular weight is 477 g/mol. The van der Waals surface area contributed by atoms with E-state index in [1.54, 1.807) is 32.0 Å². The fourth-order valence-electron chi connectivity index (χ4n) is 3.36. The number of carbonyl (C=O) groups is 1. The van der Waals surface area contributed by atoms with Crippen molar-refractivity contribution in [2.24, 2.45) is 0 Å². The molecule has 0 bridgehead atoms. The van der Waals surface area contributed by atoms with E-state index >= 15 is 0 Å². The van der Waals surface area contributed by atoms with Crippen molar-refractivity contribution in [2.45, 2.75) is 25.9 Å². The molecule has 0 aromatic heterocycles. The van der Waals surface area contributed by atoms with Gasteiger partial charge in [-0.2, -0.15) is 13.2 Å². The summed E-state index contributed by atoms with van der Waals surface area (Å²) in [5.41, 5.74) is 7.07. The van der Waals surface area contributed by atoms with E-state index < -0.39 is 23.8 Å². The first-order valence-electron chi connectivity index (χ1n) is 9.98. The highest BCUT2D eigenvalue weighted by atomic mass is 35.5.